The number of aliphatic imine (C=N–C) groups is 1. The largest absolute Gasteiger partial charge is 0.428 e. The fourth-order valence-corrected chi connectivity index (χ4v) is 3.33. The van der Waals surface area contributed by atoms with Crippen molar-refractivity contribution < 1.29 is 13.9 Å². The lowest BCUT2D eigenvalue weighted by Crippen LogP contribution is -2.30. The van der Waals surface area contributed by atoms with Crippen LogP contribution in [-0.2, 0) is 10.3 Å². The lowest BCUT2D eigenvalue weighted by molar-refractivity contribution is 0.102. The Morgan fingerprint density at radius 1 is 1.45 bits per heavy atom. The average Bonchev–Trinajstić information content (AvgIpc) is 2.68. The van der Waals surface area contributed by atoms with Crippen molar-refractivity contribution in [1.82, 2.24) is 4.98 Å². The van der Waals surface area contributed by atoms with E-state index in [4.69, 9.17) is 27.3 Å². The Balaban J connectivity index is 1.94. The molecule has 2 aromatic rings. The monoisotopic (exact) mass is 413 g/mol. The molecule has 1 atom stereocenters. The number of nitriles is 1. The van der Waals surface area contributed by atoms with Crippen LogP contribution in [0.1, 0.15) is 34.1 Å². The van der Waals surface area contributed by atoms with E-state index in [1.807, 2.05) is 6.07 Å². The molecule has 3 rings (SSSR count). The third kappa shape index (κ3) is 4.20. The number of rotatable bonds is 4. The molecular weight excluding hydrogens is 397 g/mol. The standard InChI is InChI=1S/C20H17ClFN5O2/c1-11-5-12(9-23)10-25-17(11)18(28)26-13-3-4-16(21)15(6-13)20(2)7-14(8-22)29-19(24)27-20/h3-7,10H,8H2,1-2H3,(H2,24,27)(H,26,28)/t20-/m0/s1. The summed E-state index contributed by atoms with van der Waals surface area (Å²) >= 11 is 6.34. The number of halogens is 2. The highest BCUT2D eigenvalue weighted by Crippen LogP contribution is 2.37. The van der Waals surface area contributed by atoms with Crippen molar-refractivity contribution in [2.75, 3.05) is 12.0 Å². The number of benzene rings is 1. The molecule has 0 radical (unpaired) electrons. The highest BCUT2D eigenvalue weighted by molar-refractivity contribution is 6.31. The van der Waals surface area contributed by atoms with Gasteiger partial charge in [-0.15, -0.1) is 0 Å². The number of hydrogen-bond acceptors (Lipinski definition) is 6. The first-order chi connectivity index (χ1) is 13.8. The number of carbonyl (C=O) groups is 1. The fourth-order valence-electron chi connectivity index (χ4n) is 3.02. The molecular formula is C20H17ClFN5O2. The second kappa shape index (κ2) is 7.89. The van der Waals surface area contributed by atoms with Crippen LogP contribution in [-0.4, -0.2) is 23.6 Å². The summed E-state index contributed by atoms with van der Waals surface area (Å²) in [5.41, 5.74) is 6.69. The lowest BCUT2D eigenvalue weighted by Gasteiger charge is -2.28. The molecule has 1 aromatic carbocycles. The molecule has 2 heterocycles. The highest BCUT2D eigenvalue weighted by atomic mass is 35.5. The first-order valence-electron chi connectivity index (χ1n) is 8.54. The smallest absolute Gasteiger partial charge is 0.288 e. The molecule has 29 heavy (non-hydrogen) atoms. The molecule has 1 amide bonds. The average molecular weight is 414 g/mol. The summed E-state index contributed by atoms with van der Waals surface area (Å²) in [5.74, 6) is -0.414. The Hall–Kier alpha value is -3.44. The summed E-state index contributed by atoms with van der Waals surface area (Å²) < 4.78 is 18.2. The number of aromatic nitrogens is 1. The molecule has 0 saturated heterocycles. The SMILES string of the molecule is Cc1cc(C#N)cnc1C(=O)Nc1ccc(Cl)c([C@]2(C)C=C(CF)OC(N)=N2)c1. The van der Waals surface area contributed by atoms with E-state index in [9.17, 15) is 9.18 Å². The Bertz CT molecular complexity index is 1090. The number of ether oxygens (including phenoxy) is 1. The summed E-state index contributed by atoms with van der Waals surface area (Å²) in [6, 6.07) is 8.24. The first-order valence-corrected chi connectivity index (χ1v) is 8.92. The van der Waals surface area contributed by atoms with Gasteiger partial charge in [0.05, 0.1) is 5.56 Å². The normalized spacial score (nSPS) is 18.2. The third-order valence-electron chi connectivity index (χ3n) is 4.34. The number of anilines is 1. The van der Waals surface area contributed by atoms with Crippen LogP contribution < -0.4 is 11.1 Å². The molecule has 7 nitrogen and oxygen atoms in total. The van der Waals surface area contributed by atoms with Gasteiger partial charge in [0.25, 0.3) is 11.9 Å². The highest BCUT2D eigenvalue weighted by Gasteiger charge is 2.32. The number of nitrogens with two attached hydrogens (primary N) is 1. The Morgan fingerprint density at radius 3 is 2.86 bits per heavy atom. The van der Waals surface area contributed by atoms with Crippen LogP contribution in [0.15, 0.2) is 47.3 Å². The Kier molecular flexibility index (Phi) is 5.52. The number of nitrogens with one attached hydrogen (secondary N) is 1. The number of hydrogen-bond donors (Lipinski definition) is 2. The van der Waals surface area contributed by atoms with Crippen LogP contribution in [0.4, 0.5) is 10.1 Å². The topological polar surface area (TPSA) is 113 Å². The summed E-state index contributed by atoms with van der Waals surface area (Å²) in [6.07, 6.45) is 2.82. The van der Waals surface area contributed by atoms with Crippen molar-refractivity contribution in [3.05, 3.63) is 69.7 Å². The molecule has 9 heteroatoms. The number of allylic oxidation sites excluding steroid dienone is 1. The van der Waals surface area contributed by atoms with Crippen LogP contribution in [0.5, 0.6) is 0 Å². The zero-order valence-corrected chi connectivity index (χ0v) is 16.4. The summed E-state index contributed by atoms with van der Waals surface area (Å²) in [5, 5.41) is 12.0. The summed E-state index contributed by atoms with van der Waals surface area (Å²) in [4.78, 5) is 20.9. The Morgan fingerprint density at radius 2 is 2.21 bits per heavy atom. The quantitative estimate of drug-likeness (QED) is 0.795. The fraction of sp³-hybridized carbons (Fsp3) is 0.200. The van der Waals surface area contributed by atoms with Crippen molar-refractivity contribution in [2.45, 2.75) is 19.4 Å². The van der Waals surface area contributed by atoms with E-state index in [-0.39, 0.29) is 17.5 Å². The zero-order chi connectivity index (χ0) is 21.2. The minimum atomic E-state index is -1.07. The molecule has 0 fully saturated rings. The molecule has 0 unspecified atom stereocenters. The van der Waals surface area contributed by atoms with Gasteiger partial charge >= 0.3 is 0 Å². The minimum absolute atomic E-state index is 0.0305. The van der Waals surface area contributed by atoms with Gasteiger partial charge in [0, 0.05) is 22.5 Å². The van der Waals surface area contributed by atoms with E-state index in [2.05, 4.69) is 15.3 Å². The summed E-state index contributed by atoms with van der Waals surface area (Å²) in [7, 11) is 0. The van der Waals surface area contributed by atoms with E-state index in [1.54, 1.807) is 38.1 Å². The van der Waals surface area contributed by atoms with Gasteiger partial charge in [-0.3, -0.25) is 4.79 Å². The molecule has 1 aliphatic heterocycles. The molecule has 0 bridgehead atoms. The van der Waals surface area contributed by atoms with Crippen molar-refractivity contribution in [1.29, 1.82) is 5.26 Å². The second-order valence-electron chi connectivity index (χ2n) is 6.59. The van der Waals surface area contributed by atoms with Crippen LogP contribution in [0.2, 0.25) is 5.02 Å². The Labute approximate surface area is 171 Å². The molecule has 1 aromatic heterocycles. The van der Waals surface area contributed by atoms with Crippen molar-refractivity contribution in [3.8, 4) is 6.07 Å². The van der Waals surface area contributed by atoms with Crippen LogP contribution in [0.3, 0.4) is 0 Å². The van der Waals surface area contributed by atoms with Gasteiger partial charge in [0.1, 0.15) is 29.7 Å². The minimum Gasteiger partial charge on any atom is -0.428 e. The number of alkyl halides is 1. The van der Waals surface area contributed by atoms with Gasteiger partial charge in [-0.05, 0) is 49.8 Å². The predicted molar refractivity (Wildman–Crippen MR) is 107 cm³/mol. The van der Waals surface area contributed by atoms with Crippen LogP contribution in [0.25, 0.3) is 0 Å². The molecule has 1 aliphatic rings. The predicted octanol–water partition coefficient (Wildman–Crippen LogP) is 3.58. The maximum Gasteiger partial charge on any atom is 0.288 e. The number of amidine groups is 1. The third-order valence-corrected chi connectivity index (χ3v) is 4.67. The van der Waals surface area contributed by atoms with E-state index in [0.29, 0.717) is 27.4 Å². The van der Waals surface area contributed by atoms with Crippen LogP contribution in [0, 0.1) is 18.3 Å². The summed E-state index contributed by atoms with van der Waals surface area (Å²) in [6.45, 7) is 2.56. The van der Waals surface area contributed by atoms with Crippen molar-refractivity contribution in [2.24, 2.45) is 10.7 Å². The van der Waals surface area contributed by atoms with Gasteiger partial charge in [0.15, 0.2) is 0 Å². The number of nitrogens with zero attached hydrogens (tertiary/aromatic N) is 3. The lowest BCUT2D eigenvalue weighted by atomic mass is 9.90. The van der Waals surface area contributed by atoms with Gasteiger partial charge in [-0.1, -0.05) is 11.6 Å². The molecule has 0 spiro atoms. The molecule has 0 aliphatic carbocycles. The molecule has 148 valence electrons. The molecule has 0 saturated carbocycles. The number of amides is 1. The van der Waals surface area contributed by atoms with E-state index >= 15 is 0 Å². The van der Waals surface area contributed by atoms with Crippen LogP contribution >= 0.6 is 11.6 Å². The number of carbonyl (C=O) groups excluding carboxylic acids is 1. The maximum absolute atomic E-state index is 13.1. The van der Waals surface area contributed by atoms with Gasteiger partial charge in [0.2, 0.25) is 0 Å². The van der Waals surface area contributed by atoms with E-state index in [1.165, 1.54) is 12.3 Å². The molecule has 3 N–H and O–H groups in total. The number of aryl methyl sites for hydroxylation is 1. The van der Waals surface area contributed by atoms with Gasteiger partial charge in [-0.25, -0.2) is 14.4 Å². The zero-order valence-electron chi connectivity index (χ0n) is 15.7. The van der Waals surface area contributed by atoms with Gasteiger partial charge in [-0.2, -0.15) is 5.26 Å². The second-order valence-corrected chi connectivity index (χ2v) is 7.00. The van der Waals surface area contributed by atoms with Crippen molar-refractivity contribution >= 4 is 29.2 Å². The maximum atomic E-state index is 13.1. The number of pyridine rings is 1. The van der Waals surface area contributed by atoms with Gasteiger partial charge < -0.3 is 15.8 Å². The van der Waals surface area contributed by atoms with Crippen molar-refractivity contribution in [3.63, 3.8) is 0 Å². The van der Waals surface area contributed by atoms with E-state index in [0.717, 1.165) is 0 Å². The first kappa shape index (κ1) is 20.3. The van der Waals surface area contributed by atoms with E-state index < -0.39 is 18.1 Å².